The van der Waals surface area contributed by atoms with Crippen molar-refractivity contribution in [3.05, 3.63) is 28.3 Å². The van der Waals surface area contributed by atoms with Crippen LogP contribution in [0.1, 0.15) is 24.5 Å². The zero-order chi connectivity index (χ0) is 13.5. The van der Waals surface area contributed by atoms with E-state index in [9.17, 15) is 4.79 Å². The molecule has 1 aromatic rings. The lowest BCUT2D eigenvalue weighted by atomic mass is 9.89. The molecule has 0 heterocycles. The number of ether oxygens (including phenoxy) is 2. The highest BCUT2D eigenvalue weighted by atomic mass is 35.5. The van der Waals surface area contributed by atoms with Crippen LogP contribution in [0.25, 0.3) is 0 Å². The van der Waals surface area contributed by atoms with Crippen LogP contribution in [-0.4, -0.2) is 20.2 Å². The molecule has 0 aliphatic heterocycles. The van der Waals surface area contributed by atoms with Gasteiger partial charge in [0, 0.05) is 0 Å². The predicted octanol–water partition coefficient (Wildman–Crippen LogP) is 3.11. The summed E-state index contributed by atoms with van der Waals surface area (Å²) in [5.41, 5.74) is 1.44. The number of hydrogen-bond acceptors (Lipinski definition) is 3. The summed E-state index contributed by atoms with van der Waals surface area (Å²) in [6.45, 7) is 4.01. The third-order valence-electron chi connectivity index (χ3n) is 3.84. The zero-order valence-electron chi connectivity index (χ0n) is 11.0. The van der Waals surface area contributed by atoms with E-state index in [2.05, 4.69) is 6.92 Å². The number of esters is 1. The molecule has 1 fully saturated rings. The molecule has 0 spiro atoms. The molecule has 0 radical (unpaired) electrons. The van der Waals surface area contributed by atoms with Crippen LogP contribution in [0, 0.1) is 12.8 Å². The van der Waals surface area contributed by atoms with Crippen molar-refractivity contribution in [2.24, 2.45) is 5.92 Å². The summed E-state index contributed by atoms with van der Waals surface area (Å²) in [5, 5.41) is 0.528. The van der Waals surface area contributed by atoms with E-state index < -0.39 is 5.41 Å². The second-order valence-electron chi connectivity index (χ2n) is 4.87. The number of carbonyl (C=O) groups excluding carboxylic acids is 1. The van der Waals surface area contributed by atoms with E-state index in [0.29, 0.717) is 10.8 Å². The quantitative estimate of drug-likeness (QED) is 0.790. The van der Waals surface area contributed by atoms with Gasteiger partial charge in [0.15, 0.2) is 0 Å². The summed E-state index contributed by atoms with van der Waals surface area (Å²) >= 11 is 6.15. The van der Waals surface area contributed by atoms with Crippen LogP contribution in [0.15, 0.2) is 12.1 Å². The molecular formula is C14H17ClO3. The molecule has 1 aliphatic rings. The second-order valence-corrected chi connectivity index (χ2v) is 5.28. The van der Waals surface area contributed by atoms with Gasteiger partial charge in [-0.15, -0.1) is 0 Å². The maximum absolute atomic E-state index is 12.0. The van der Waals surface area contributed by atoms with E-state index in [-0.39, 0.29) is 11.9 Å². The van der Waals surface area contributed by atoms with E-state index in [1.807, 2.05) is 19.1 Å². The molecule has 3 nitrogen and oxygen atoms in total. The molecule has 1 aromatic carbocycles. The Kier molecular flexibility index (Phi) is 3.28. The standard InChI is InChI=1S/C14H17ClO3/c1-8-5-12(17-3)11(15)6-10(8)14(7-9(14)2)13(16)18-4/h5-6,9H,7H2,1-4H3. The highest BCUT2D eigenvalue weighted by molar-refractivity contribution is 6.32. The Labute approximate surface area is 112 Å². The molecule has 2 rings (SSSR count). The van der Waals surface area contributed by atoms with Gasteiger partial charge in [-0.05, 0) is 42.5 Å². The summed E-state index contributed by atoms with van der Waals surface area (Å²) in [4.78, 5) is 12.0. The van der Waals surface area contributed by atoms with Crippen molar-refractivity contribution >= 4 is 17.6 Å². The van der Waals surface area contributed by atoms with Crippen LogP contribution >= 0.6 is 11.6 Å². The third-order valence-corrected chi connectivity index (χ3v) is 4.13. The SMILES string of the molecule is COC(=O)C1(c2cc(Cl)c(OC)cc2C)CC1C. The van der Waals surface area contributed by atoms with Crippen molar-refractivity contribution in [1.29, 1.82) is 0 Å². The van der Waals surface area contributed by atoms with E-state index in [4.69, 9.17) is 21.1 Å². The Balaban J connectivity index is 2.51. The van der Waals surface area contributed by atoms with Crippen LogP contribution < -0.4 is 4.74 Å². The van der Waals surface area contributed by atoms with Crippen LogP contribution in [0.2, 0.25) is 5.02 Å². The van der Waals surface area contributed by atoms with Crippen molar-refractivity contribution in [3.63, 3.8) is 0 Å². The molecule has 2 atom stereocenters. The van der Waals surface area contributed by atoms with E-state index in [1.54, 1.807) is 7.11 Å². The molecule has 1 saturated carbocycles. The number of hydrogen-bond donors (Lipinski definition) is 0. The first-order valence-electron chi connectivity index (χ1n) is 5.90. The minimum Gasteiger partial charge on any atom is -0.495 e. The van der Waals surface area contributed by atoms with Crippen molar-refractivity contribution in [2.75, 3.05) is 14.2 Å². The van der Waals surface area contributed by atoms with E-state index in [0.717, 1.165) is 17.5 Å². The zero-order valence-corrected chi connectivity index (χ0v) is 11.8. The van der Waals surface area contributed by atoms with E-state index >= 15 is 0 Å². The summed E-state index contributed by atoms with van der Waals surface area (Å²) in [7, 11) is 3.01. The molecule has 0 amide bonds. The van der Waals surface area contributed by atoms with Crippen LogP contribution in [0.5, 0.6) is 5.75 Å². The van der Waals surface area contributed by atoms with Gasteiger partial charge in [0.2, 0.25) is 0 Å². The Morgan fingerprint density at radius 3 is 2.50 bits per heavy atom. The molecule has 98 valence electrons. The Hall–Kier alpha value is -1.22. The van der Waals surface area contributed by atoms with Gasteiger partial charge >= 0.3 is 5.97 Å². The number of methoxy groups -OCH3 is 2. The molecule has 0 N–H and O–H groups in total. The molecule has 2 unspecified atom stereocenters. The molecule has 0 aromatic heterocycles. The lowest BCUT2D eigenvalue weighted by Crippen LogP contribution is -2.25. The summed E-state index contributed by atoms with van der Waals surface area (Å²) < 4.78 is 10.1. The first-order chi connectivity index (χ1) is 8.47. The van der Waals surface area contributed by atoms with Gasteiger partial charge in [0.05, 0.1) is 24.7 Å². The van der Waals surface area contributed by atoms with E-state index in [1.165, 1.54) is 7.11 Å². The minimum atomic E-state index is -0.519. The maximum Gasteiger partial charge on any atom is 0.316 e. The fourth-order valence-electron chi connectivity index (χ4n) is 2.67. The Bertz CT molecular complexity index is 498. The van der Waals surface area contributed by atoms with Crippen molar-refractivity contribution in [3.8, 4) is 5.75 Å². The molecular weight excluding hydrogens is 252 g/mol. The summed E-state index contributed by atoms with van der Waals surface area (Å²) in [6, 6.07) is 3.70. The lowest BCUT2D eigenvalue weighted by Gasteiger charge is -2.18. The van der Waals surface area contributed by atoms with Crippen molar-refractivity contribution < 1.29 is 14.3 Å². The number of carbonyl (C=O) groups is 1. The summed E-state index contributed by atoms with van der Waals surface area (Å²) in [5.74, 6) is 0.735. The summed E-state index contributed by atoms with van der Waals surface area (Å²) in [6.07, 6.45) is 0.809. The molecule has 0 bridgehead atoms. The van der Waals surface area contributed by atoms with Gasteiger partial charge in [-0.2, -0.15) is 0 Å². The van der Waals surface area contributed by atoms with Crippen LogP contribution in [0.3, 0.4) is 0 Å². The number of halogens is 1. The fraction of sp³-hybridized carbons (Fsp3) is 0.500. The normalized spacial score (nSPS) is 25.7. The van der Waals surface area contributed by atoms with Gasteiger partial charge < -0.3 is 9.47 Å². The highest BCUT2D eigenvalue weighted by Crippen LogP contribution is 2.56. The lowest BCUT2D eigenvalue weighted by molar-refractivity contribution is -0.144. The van der Waals surface area contributed by atoms with Gasteiger partial charge in [0.25, 0.3) is 0 Å². The third kappa shape index (κ3) is 1.77. The van der Waals surface area contributed by atoms with Crippen LogP contribution in [0.4, 0.5) is 0 Å². The topological polar surface area (TPSA) is 35.5 Å². The molecule has 18 heavy (non-hydrogen) atoms. The predicted molar refractivity (Wildman–Crippen MR) is 70.2 cm³/mol. The Morgan fingerprint density at radius 1 is 1.44 bits per heavy atom. The van der Waals surface area contributed by atoms with Gasteiger partial charge in [-0.1, -0.05) is 18.5 Å². The average molecular weight is 269 g/mol. The van der Waals surface area contributed by atoms with Crippen molar-refractivity contribution in [1.82, 2.24) is 0 Å². The number of rotatable bonds is 3. The van der Waals surface area contributed by atoms with Gasteiger partial charge in [-0.25, -0.2) is 0 Å². The Morgan fingerprint density at radius 2 is 2.06 bits per heavy atom. The van der Waals surface area contributed by atoms with Crippen molar-refractivity contribution in [2.45, 2.75) is 25.7 Å². The number of benzene rings is 1. The second kappa shape index (κ2) is 4.47. The largest absolute Gasteiger partial charge is 0.495 e. The minimum absolute atomic E-state index is 0.181. The first-order valence-corrected chi connectivity index (χ1v) is 6.28. The maximum atomic E-state index is 12.0. The number of aryl methyl sites for hydroxylation is 1. The van der Waals surface area contributed by atoms with Gasteiger partial charge in [-0.3, -0.25) is 4.79 Å². The monoisotopic (exact) mass is 268 g/mol. The molecule has 0 saturated heterocycles. The first kappa shape index (κ1) is 13.2. The fourth-order valence-corrected chi connectivity index (χ4v) is 2.91. The average Bonchev–Trinajstić information content (AvgIpc) is 3.03. The molecule has 4 heteroatoms. The smallest absolute Gasteiger partial charge is 0.316 e. The van der Waals surface area contributed by atoms with Gasteiger partial charge in [0.1, 0.15) is 5.75 Å². The highest BCUT2D eigenvalue weighted by Gasteiger charge is 2.60. The van der Waals surface area contributed by atoms with Crippen LogP contribution in [-0.2, 0) is 14.9 Å². The molecule has 1 aliphatic carbocycles.